The lowest BCUT2D eigenvalue weighted by molar-refractivity contribution is -0.122. The number of ketones is 1. The number of carbonyl (C=O) groups excluding carboxylic acids is 1. The smallest absolute Gasteiger partial charge is 0.220 e. The molecule has 0 aromatic heterocycles. The van der Waals surface area contributed by atoms with Crippen molar-refractivity contribution < 1.29 is 14.0 Å². The summed E-state index contributed by atoms with van der Waals surface area (Å²) in [6.07, 6.45) is 1.14. The summed E-state index contributed by atoms with van der Waals surface area (Å²) in [5.74, 6) is 0.343. The van der Waals surface area contributed by atoms with E-state index >= 15 is 0 Å². The molecule has 0 saturated heterocycles. The van der Waals surface area contributed by atoms with Crippen LogP contribution in [0.1, 0.15) is 46.6 Å². The second kappa shape index (κ2) is 8.76. The van der Waals surface area contributed by atoms with Crippen LogP contribution < -0.4 is 0 Å². The molecular weight excluding hydrogens is 304 g/mol. The number of ether oxygens (including phenoxy) is 1. The molecule has 0 N–H and O–H groups in total. The van der Waals surface area contributed by atoms with E-state index in [1.54, 1.807) is 0 Å². The second-order valence-corrected chi connectivity index (χ2v) is 12.2. The zero-order valence-corrected chi connectivity index (χ0v) is 16.5. The van der Waals surface area contributed by atoms with E-state index in [9.17, 15) is 4.79 Å². The highest BCUT2D eigenvalue weighted by Gasteiger charge is 2.42. The predicted molar refractivity (Wildman–Crippen MR) is 97.8 cm³/mol. The molecule has 0 spiro atoms. The molecule has 0 aliphatic heterocycles. The van der Waals surface area contributed by atoms with Crippen LogP contribution in [0.15, 0.2) is 30.3 Å². The molecule has 0 saturated carbocycles. The first-order valence-corrected chi connectivity index (χ1v) is 11.1. The van der Waals surface area contributed by atoms with E-state index in [1.807, 2.05) is 32.0 Å². The van der Waals surface area contributed by atoms with E-state index in [0.29, 0.717) is 25.9 Å². The first-order valence-electron chi connectivity index (χ1n) is 8.44. The Balaban J connectivity index is 2.55. The predicted octanol–water partition coefficient (Wildman–Crippen LogP) is 4.75. The van der Waals surface area contributed by atoms with Gasteiger partial charge in [-0.05, 0) is 17.1 Å². The van der Waals surface area contributed by atoms with Gasteiger partial charge in [-0.25, -0.2) is 0 Å². The van der Waals surface area contributed by atoms with Gasteiger partial charge < -0.3 is 9.16 Å². The van der Waals surface area contributed by atoms with Crippen molar-refractivity contribution in [3.63, 3.8) is 0 Å². The Bertz CT molecular complexity index is 479. The number of hydrogen-bond acceptors (Lipinski definition) is 3. The third-order valence-corrected chi connectivity index (χ3v) is 9.26. The van der Waals surface area contributed by atoms with Gasteiger partial charge in [-0.15, -0.1) is 0 Å². The molecule has 1 unspecified atom stereocenters. The summed E-state index contributed by atoms with van der Waals surface area (Å²) < 4.78 is 12.2. The van der Waals surface area contributed by atoms with Crippen molar-refractivity contribution in [2.45, 2.75) is 59.2 Å². The Kier molecular flexibility index (Phi) is 7.65. The van der Waals surface area contributed by atoms with Gasteiger partial charge in [0.1, 0.15) is 5.78 Å². The standard InChI is InChI=1S/C19H32O3Si/c1-16(2)18(20)12-13-22-23(6,19(3,4)5)15-21-14-17-10-8-7-9-11-17/h7-11,16H,12-15H2,1-6H3. The monoisotopic (exact) mass is 336 g/mol. The van der Waals surface area contributed by atoms with E-state index in [0.717, 1.165) is 0 Å². The molecule has 0 aliphatic rings. The Labute approximate surface area is 142 Å². The van der Waals surface area contributed by atoms with Crippen LogP contribution in [0.2, 0.25) is 11.6 Å². The van der Waals surface area contributed by atoms with Crippen molar-refractivity contribution in [3.8, 4) is 0 Å². The fraction of sp³-hybridized carbons (Fsp3) is 0.632. The van der Waals surface area contributed by atoms with Gasteiger partial charge in [-0.3, -0.25) is 4.79 Å². The van der Waals surface area contributed by atoms with Crippen LogP contribution in [-0.2, 0) is 20.6 Å². The Morgan fingerprint density at radius 3 is 2.30 bits per heavy atom. The van der Waals surface area contributed by atoms with Gasteiger partial charge >= 0.3 is 0 Å². The SMILES string of the molecule is CC(C)C(=O)CCO[Si](C)(COCc1ccccc1)C(C)(C)C. The molecule has 1 aromatic rings. The minimum atomic E-state index is -2.08. The number of Topliss-reactive ketones (excluding diaryl/α,β-unsaturated/α-hetero) is 1. The third kappa shape index (κ3) is 6.57. The molecule has 0 radical (unpaired) electrons. The minimum absolute atomic E-state index is 0.0601. The molecule has 0 bridgehead atoms. The lowest BCUT2D eigenvalue weighted by Crippen LogP contribution is -2.49. The number of benzene rings is 1. The highest BCUT2D eigenvalue weighted by atomic mass is 28.4. The van der Waals surface area contributed by atoms with E-state index in [2.05, 4.69) is 39.5 Å². The zero-order chi connectivity index (χ0) is 17.5. The summed E-state index contributed by atoms with van der Waals surface area (Å²) >= 11 is 0. The van der Waals surface area contributed by atoms with Crippen LogP contribution in [0, 0.1) is 5.92 Å². The fourth-order valence-electron chi connectivity index (χ4n) is 2.08. The van der Waals surface area contributed by atoms with Crippen LogP contribution in [0.5, 0.6) is 0 Å². The van der Waals surface area contributed by atoms with Gasteiger partial charge in [0, 0.05) is 18.9 Å². The number of rotatable bonds is 9. The molecule has 1 aromatic carbocycles. The lowest BCUT2D eigenvalue weighted by Gasteiger charge is -2.39. The molecule has 130 valence electrons. The summed E-state index contributed by atoms with van der Waals surface area (Å²) in [4.78, 5) is 11.8. The van der Waals surface area contributed by atoms with E-state index < -0.39 is 8.32 Å². The van der Waals surface area contributed by atoms with Crippen LogP contribution in [0.25, 0.3) is 0 Å². The topological polar surface area (TPSA) is 35.5 Å². The molecule has 4 heteroatoms. The van der Waals surface area contributed by atoms with Crippen LogP contribution in [-0.4, -0.2) is 26.9 Å². The van der Waals surface area contributed by atoms with Gasteiger partial charge in [0.05, 0.1) is 12.8 Å². The van der Waals surface area contributed by atoms with Crippen molar-refractivity contribution >= 4 is 14.1 Å². The maximum Gasteiger partial charge on any atom is 0.220 e. The Morgan fingerprint density at radius 1 is 1.17 bits per heavy atom. The van der Waals surface area contributed by atoms with Crippen molar-refractivity contribution in [3.05, 3.63) is 35.9 Å². The van der Waals surface area contributed by atoms with Crippen LogP contribution in [0.3, 0.4) is 0 Å². The molecule has 1 rings (SSSR count). The summed E-state index contributed by atoms with van der Waals surface area (Å²) in [7, 11) is -2.08. The summed E-state index contributed by atoms with van der Waals surface area (Å²) in [5, 5.41) is 0.0601. The van der Waals surface area contributed by atoms with Gasteiger partial charge in [0.25, 0.3) is 0 Å². The summed E-state index contributed by atoms with van der Waals surface area (Å²) in [5.41, 5.74) is 1.17. The molecule has 0 fully saturated rings. The quantitative estimate of drug-likeness (QED) is 0.610. The maximum absolute atomic E-state index is 11.8. The van der Waals surface area contributed by atoms with Crippen molar-refractivity contribution in [1.29, 1.82) is 0 Å². The van der Waals surface area contributed by atoms with Gasteiger partial charge in [-0.1, -0.05) is 65.0 Å². The second-order valence-electron chi connectivity index (χ2n) is 7.68. The zero-order valence-electron chi connectivity index (χ0n) is 15.5. The maximum atomic E-state index is 11.8. The third-order valence-electron chi connectivity index (χ3n) is 4.49. The highest BCUT2D eigenvalue weighted by molar-refractivity contribution is 6.75. The Hall–Kier alpha value is -0.973. The number of carbonyl (C=O) groups is 1. The fourth-order valence-corrected chi connectivity index (χ4v) is 4.07. The average molecular weight is 337 g/mol. The van der Waals surface area contributed by atoms with Gasteiger partial charge in [-0.2, -0.15) is 0 Å². The lowest BCUT2D eigenvalue weighted by atomic mass is 10.1. The molecule has 23 heavy (non-hydrogen) atoms. The van der Waals surface area contributed by atoms with Crippen LogP contribution >= 0.6 is 0 Å². The largest absolute Gasteiger partial charge is 0.414 e. The summed E-state index contributed by atoms with van der Waals surface area (Å²) in [6.45, 7) is 13.8. The van der Waals surface area contributed by atoms with E-state index in [4.69, 9.17) is 9.16 Å². The van der Waals surface area contributed by atoms with Crippen molar-refractivity contribution in [1.82, 2.24) is 0 Å². The highest BCUT2D eigenvalue weighted by Crippen LogP contribution is 2.37. The van der Waals surface area contributed by atoms with Crippen molar-refractivity contribution in [2.24, 2.45) is 5.92 Å². The van der Waals surface area contributed by atoms with E-state index in [1.165, 1.54) is 5.56 Å². The molecule has 1 atom stereocenters. The summed E-state index contributed by atoms with van der Waals surface area (Å²) in [6, 6.07) is 10.2. The first kappa shape index (κ1) is 20.1. The van der Waals surface area contributed by atoms with Crippen LogP contribution in [0.4, 0.5) is 0 Å². The molecule has 0 amide bonds. The minimum Gasteiger partial charge on any atom is -0.414 e. The van der Waals surface area contributed by atoms with Gasteiger partial charge in [0.2, 0.25) is 8.32 Å². The van der Waals surface area contributed by atoms with Gasteiger partial charge in [0.15, 0.2) is 0 Å². The first-order chi connectivity index (χ1) is 10.7. The molecule has 3 nitrogen and oxygen atoms in total. The molecule has 0 heterocycles. The normalized spacial score (nSPS) is 14.7. The van der Waals surface area contributed by atoms with E-state index in [-0.39, 0.29) is 16.7 Å². The molecule has 0 aliphatic carbocycles. The Morgan fingerprint density at radius 2 is 1.78 bits per heavy atom. The average Bonchev–Trinajstić information content (AvgIpc) is 2.47. The van der Waals surface area contributed by atoms with Crippen molar-refractivity contribution in [2.75, 3.05) is 12.8 Å². The molecular formula is C19H32O3Si. The number of hydrogen-bond donors (Lipinski definition) is 0.